The largest absolute Gasteiger partial charge is 0.493 e. The molecule has 1 atom stereocenters. The van der Waals surface area contributed by atoms with Crippen molar-refractivity contribution in [3.63, 3.8) is 0 Å². The van der Waals surface area contributed by atoms with Gasteiger partial charge in [0.15, 0.2) is 11.5 Å². The summed E-state index contributed by atoms with van der Waals surface area (Å²) in [6.45, 7) is 2.38. The second-order valence-electron chi connectivity index (χ2n) is 5.49. The van der Waals surface area contributed by atoms with Gasteiger partial charge in [0, 0.05) is 44.2 Å². The Bertz CT molecular complexity index is 561. The molecule has 1 aromatic rings. The van der Waals surface area contributed by atoms with Gasteiger partial charge in [-0.1, -0.05) is 0 Å². The van der Waals surface area contributed by atoms with Crippen molar-refractivity contribution >= 4 is 17.3 Å². The molecule has 0 aliphatic carbocycles. The highest BCUT2D eigenvalue weighted by molar-refractivity contribution is 5.80. The Morgan fingerprint density at radius 2 is 1.90 bits per heavy atom. The summed E-state index contributed by atoms with van der Waals surface area (Å²) in [7, 11) is 3.21. The fourth-order valence-corrected chi connectivity index (χ4v) is 3.24. The molecule has 114 valence electrons. The highest BCUT2D eigenvalue weighted by Gasteiger charge is 2.36. The number of rotatable bonds is 3. The monoisotopic (exact) mass is 291 g/mol. The van der Waals surface area contributed by atoms with Crippen molar-refractivity contribution in [3.8, 4) is 11.5 Å². The number of hydrogen-bond donors (Lipinski definition) is 1. The SMILES string of the molecule is COc1cc(N)c(N2CCN3C(=O)CCC3C2)cc1OC. The molecule has 2 saturated heterocycles. The molecular formula is C15H21N3O3. The summed E-state index contributed by atoms with van der Waals surface area (Å²) in [5, 5.41) is 0. The zero-order chi connectivity index (χ0) is 15.0. The Balaban J connectivity index is 1.86. The third-order valence-corrected chi connectivity index (χ3v) is 4.37. The van der Waals surface area contributed by atoms with Gasteiger partial charge >= 0.3 is 0 Å². The van der Waals surface area contributed by atoms with Crippen LogP contribution in [0, 0.1) is 0 Å². The van der Waals surface area contributed by atoms with Crippen molar-refractivity contribution in [2.45, 2.75) is 18.9 Å². The number of nitrogen functional groups attached to an aromatic ring is 1. The first-order valence-electron chi connectivity index (χ1n) is 7.20. The van der Waals surface area contributed by atoms with Crippen LogP contribution in [0.2, 0.25) is 0 Å². The average molecular weight is 291 g/mol. The lowest BCUT2D eigenvalue weighted by Gasteiger charge is -2.39. The van der Waals surface area contributed by atoms with Crippen molar-refractivity contribution in [3.05, 3.63) is 12.1 Å². The Hall–Kier alpha value is -2.11. The first-order chi connectivity index (χ1) is 10.1. The summed E-state index contributed by atoms with van der Waals surface area (Å²) in [5.41, 5.74) is 7.78. The Labute approximate surface area is 124 Å². The number of methoxy groups -OCH3 is 2. The van der Waals surface area contributed by atoms with Crippen LogP contribution >= 0.6 is 0 Å². The van der Waals surface area contributed by atoms with Gasteiger partial charge in [0.25, 0.3) is 0 Å². The van der Waals surface area contributed by atoms with E-state index in [-0.39, 0.29) is 5.91 Å². The van der Waals surface area contributed by atoms with Gasteiger partial charge in [-0.2, -0.15) is 0 Å². The predicted molar refractivity (Wildman–Crippen MR) is 80.9 cm³/mol. The van der Waals surface area contributed by atoms with Crippen LogP contribution in [0.4, 0.5) is 11.4 Å². The molecule has 3 rings (SSSR count). The molecule has 2 aliphatic heterocycles. The maximum absolute atomic E-state index is 11.7. The Morgan fingerprint density at radius 3 is 2.62 bits per heavy atom. The number of benzene rings is 1. The topological polar surface area (TPSA) is 68.0 Å². The standard InChI is InChI=1S/C15H21N3O3/c1-20-13-7-11(16)12(8-14(13)21-2)17-5-6-18-10(9-17)3-4-15(18)19/h7-8,10H,3-6,9,16H2,1-2H3. The van der Waals surface area contributed by atoms with Crippen LogP contribution in [0.25, 0.3) is 0 Å². The molecule has 0 spiro atoms. The van der Waals surface area contributed by atoms with Crippen LogP contribution in [0.1, 0.15) is 12.8 Å². The predicted octanol–water partition coefficient (Wildman–Crippen LogP) is 1.10. The second kappa shape index (κ2) is 5.35. The third-order valence-electron chi connectivity index (χ3n) is 4.37. The molecule has 0 bridgehead atoms. The average Bonchev–Trinajstić information content (AvgIpc) is 2.87. The maximum atomic E-state index is 11.7. The van der Waals surface area contributed by atoms with E-state index in [0.29, 0.717) is 29.6 Å². The van der Waals surface area contributed by atoms with Gasteiger partial charge in [-0.3, -0.25) is 4.79 Å². The van der Waals surface area contributed by atoms with Crippen molar-refractivity contribution in [1.29, 1.82) is 0 Å². The van der Waals surface area contributed by atoms with E-state index < -0.39 is 0 Å². The van der Waals surface area contributed by atoms with Crippen LogP contribution < -0.4 is 20.1 Å². The highest BCUT2D eigenvalue weighted by atomic mass is 16.5. The number of nitrogens with zero attached hydrogens (tertiary/aromatic N) is 2. The van der Waals surface area contributed by atoms with Crippen molar-refractivity contribution in [2.75, 3.05) is 44.5 Å². The summed E-state index contributed by atoms with van der Waals surface area (Å²) in [6.07, 6.45) is 1.60. The molecule has 2 fully saturated rings. The van der Waals surface area contributed by atoms with Crippen molar-refractivity contribution < 1.29 is 14.3 Å². The van der Waals surface area contributed by atoms with Crippen LogP contribution in [-0.4, -0.2) is 50.7 Å². The smallest absolute Gasteiger partial charge is 0.223 e. The number of carbonyl (C=O) groups is 1. The summed E-state index contributed by atoms with van der Waals surface area (Å²) >= 11 is 0. The molecule has 2 aliphatic rings. The van der Waals surface area contributed by atoms with Gasteiger partial charge in [0.05, 0.1) is 25.6 Å². The van der Waals surface area contributed by atoms with E-state index in [4.69, 9.17) is 15.2 Å². The lowest BCUT2D eigenvalue weighted by Crippen LogP contribution is -2.51. The number of nitrogens with two attached hydrogens (primary N) is 1. The molecule has 2 heterocycles. The number of fused-ring (bicyclic) bond motifs is 1. The minimum atomic E-state index is 0.278. The van der Waals surface area contributed by atoms with Gasteiger partial charge in [-0.15, -0.1) is 0 Å². The third kappa shape index (κ3) is 2.34. The Morgan fingerprint density at radius 1 is 1.19 bits per heavy atom. The van der Waals surface area contributed by atoms with Gasteiger partial charge in [0.1, 0.15) is 0 Å². The minimum absolute atomic E-state index is 0.278. The number of hydrogen-bond acceptors (Lipinski definition) is 5. The van der Waals surface area contributed by atoms with Gasteiger partial charge in [-0.05, 0) is 6.42 Å². The zero-order valence-electron chi connectivity index (χ0n) is 12.5. The molecule has 1 unspecified atom stereocenters. The minimum Gasteiger partial charge on any atom is -0.493 e. The van der Waals surface area contributed by atoms with Crippen LogP contribution in [0.3, 0.4) is 0 Å². The van der Waals surface area contributed by atoms with Crippen molar-refractivity contribution in [1.82, 2.24) is 4.90 Å². The quantitative estimate of drug-likeness (QED) is 0.845. The van der Waals surface area contributed by atoms with Gasteiger partial charge in [0.2, 0.25) is 5.91 Å². The van der Waals surface area contributed by atoms with Crippen LogP contribution in [-0.2, 0) is 4.79 Å². The lowest BCUT2D eigenvalue weighted by molar-refractivity contribution is -0.129. The van der Waals surface area contributed by atoms with E-state index in [1.807, 2.05) is 11.0 Å². The summed E-state index contributed by atoms with van der Waals surface area (Å²) < 4.78 is 10.6. The summed E-state index contributed by atoms with van der Waals surface area (Å²) in [6, 6.07) is 4.01. The molecule has 0 radical (unpaired) electrons. The molecule has 1 amide bonds. The number of carbonyl (C=O) groups excluding carboxylic acids is 1. The first-order valence-corrected chi connectivity index (χ1v) is 7.20. The molecular weight excluding hydrogens is 270 g/mol. The molecule has 6 nitrogen and oxygen atoms in total. The fraction of sp³-hybridized carbons (Fsp3) is 0.533. The number of ether oxygens (including phenoxy) is 2. The van der Waals surface area contributed by atoms with E-state index in [1.54, 1.807) is 20.3 Å². The van der Waals surface area contributed by atoms with E-state index in [0.717, 1.165) is 31.7 Å². The van der Waals surface area contributed by atoms with Crippen LogP contribution in [0.15, 0.2) is 12.1 Å². The molecule has 0 saturated carbocycles. The normalized spacial score (nSPS) is 21.4. The summed E-state index contributed by atoms with van der Waals surface area (Å²) in [4.78, 5) is 16.0. The number of amides is 1. The van der Waals surface area contributed by atoms with E-state index >= 15 is 0 Å². The molecule has 6 heteroatoms. The second-order valence-corrected chi connectivity index (χ2v) is 5.49. The van der Waals surface area contributed by atoms with E-state index in [9.17, 15) is 4.79 Å². The fourth-order valence-electron chi connectivity index (χ4n) is 3.24. The van der Waals surface area contributed by atoms with Gasteiger partial charge < -0.3 is 25.0 Å². The molecule has 21 heavy (non-hydrogen) atoms. The zero-order valence-corrected chi connectivity index (χ0v) is 12.5. The number of anilines is 2. The maximum Gasteiger partial charge on any atom is 0.223 e. The molecule has 1 aromatic carbocycles. The van der Waals surface area contributed by atoms with Crippen LogP contribution in [0.5, 0.6) is 11.5 Å². The first kappa shape index (κ1) is 13.9. The summed E-state index contributed by atoms with van der Waals surface area (Å²) in [5.74, 6) is 1.58. The molecule has 2 N–H and O–H groups in total. The van der Waals surface area contributed by atoms with Crippen molar-refractivity contribution in [2.24, 2.45) is 0 Å². The van der Waals surface area contributed by atoms with Gasteiger partial charge in [-0.25, -0.2) is 0 Å². The van der Waals surface area contributed by atoms with E-state index in [1.165, 1.54) is 0 Å². The molecule has 0 aromatic heterocycles. The number of piperazine rings is 1. The van der Waals surface area contributed by atoms with E-state index in [2.05, 4.69) is 4.90 Å². The Kier molecular flexibility index (Phi) is 3.53. The lowest BCUT2D eigenvalue weighted by atomic mass is 10.1. The highest BCUT2D eigenvalue weighted by Crippen LogP contribution is 2.38.